The van der Waals surface area contributed by atoms with Gasteiger partial charge in [-0.1, -0.05) is 26.0 Å². The van der Waals surface area contributed by atoms with Gasteiger partial charge in [0.2, 0.25) is 0 Å². The maximum atomic E-state index is 11.7. The molecule has 1 aromatic carbocycles. The predicted molar refractivity (Wildman–Crippen MR) is 81.3 cm³/mol. The maximum absolute atomic E-state index is 11.7. The van der Waals surface area contributed by atoms with E-state index in [1.165, 1.54) is 5.56 Å². The van der Waals surface area contributed by atoms with Crippen molar-refractivity contribution in [2.75, 3.05) is 13.2 Å². The number of ether oxygens (including phenoxy) is 1. The summed E-state index contributed by atoms with van der Waals surface area (Å²) in [5.74, 6) is 1.05. The van der Waals surface area contributed by atoms with Gasteiger partial charge in [-0.15, -0.1) is 0 Å². The molecule has 1 amide bonds. The molecule has 1 heterocycles. The van der Waals surface area contributed by atoms with Crippen LogP contribution in [0.25, 0.3) is 0 Å². The third-order valence-corrected chi connectivity index (χ3v) is 3.17. The van der Waals surface area contributed by atoms with E-state index in [2.05, 4.69) is 35.2 Å². The monoisotopic (exact) mass is 287 g/mol. The molecule has 21 heavy (non-hydrogen) atoms. The van der Waals surface area contributed by atoms with E-state index < -0.39 is 0 Å². The number of nitrogens with zero attached hydrogens (tertiary/aromatic N) is 1. The van der Waals surface area contributed by atoms with E-state index in [0.717, 1.165) is 17.9 Å². The largest absolute Gasteiger partial charge is 0.484 e. The molecule has 112 valence electrons. The van der Waals surface area contributed by atoms with Crippen molar-refractivity contribution >= 4 is 5.91 Å². The highest BCUT2D eigenvalue weighted by atomic mass is 16.5. The van der Waals surface area contributed by atoms with Gasteiger partial charge in [-0.05, 0) is 23.6 Å². The lowest BCUT2D eigenvalue weighted by Gasteiger charge is -2.10. The molecule has 5 heteroatoms. The van der Waals surface area contributed by atoms with Gasteiger partial charge in [-0.25, -0.2) is 4.98 Å². The van der Waals surface area contributed by atoms with Crippen LogP contribution in [-0.2, 0) is 11.2 Å². The van der Waals surface area contributed by atoms with Gasteiger partial charge >= 0.3 is 0 Å². The van der Waals surface area contributed by atoms with Gasteiger partial charge in [0.05, 0.1) is 6.33 Å². The Morgan fingerprint density at radius 3 is 3.00 bits per heavy atom. The van der Waals surface area contributed by atoms with Crippen LogP contribution in [0.2, 0.25) is 0 Å². The first-order valence-corrected chi connectivity index (χ1v) is 7.12. The van der Waals surface area contributed by atoms with Gasteiger partial charge in [0.1, 0.15) is 5.75 Å². The Hall–Kier alpha value is -2.30. The number of benzene rings is 1. The molecule has 1 aromatic heterocycles. The van der Waals surface area contributed by atoms with E-state index in [4.69, 9.17) is 4.74 Å². The lowest BCUT2D eigenvalue weighted by atomic mass is 10.0. The summed E-state index contributed by atoms with van der Waals surface area (Å²) < 4.78 is 5.51. The third kappa shape index (κ3) is 4.95. The van der Waals surface area contributed by atoms with Gasteiger partial charge in [-0.3, -0.25) is 4.79 Å². The van der Waals surface area contributed by atoms with Crippen LogP contribution >= 0.6 is 0 Å². The number of rotatable bonds is 7. The SMILES string of the molecule is CC(C)c1cccc(OCC(=O)NCCc2cnc[nH]2)c1. The summed E-state index contributed by atoms with van der Waals surface area (Å²) >= 11 is 0. The van der Waals surface area contributed by atoms with Crippen LogP contribution < -0.4 is 10.1 Å². The molecule has 0 aliphatic carbocycles. The highest BCUT2D eigenvalue weighted by molar-refractivity contribution is 5.77. The zero-order chi connectivity index (χ0) is 15.1. The molecule has 0 bridgehead atoms. The molecular formula is C16H21N3O2. The van der Waals surface area contributed by atoms with E-state index in [-0.39, 0.29) is 12.5 Å². The smallest absolute Gasteiger partial charge is 0.257 e. The van der Waals surface area contributed by atoms with Crippen LogP contribution in [0.1, 0.15) is 31.0 Å². The fourth-order valence-electron chi connectivity index (χ4n) is 1.92. The Kier molecular flexibility index (Phi) is 5.37. The van der Waals surface area contributed by atoms with Crippen molar-refractivity contribution in [2.45, 2.75) is 26.2 Å². The van der Waals surface area contributed by atoms with Crippen LogP contribution in [0.4, 0.5) is 0 Å². The van der Waals surface area contributed by atoms with Crippen molar-refractivity contribution in [1.82, 2.24) is 15.3 Å². The number of H-pyrrole nitrogens is 1. The third-order valence-electron chi connectivity index (χ3n) is 3.17. The number of nitrogens with one attached hydrogen (secondary N) is 2. The number of hydrogen-bond donors (Lipinski definition) is 2. The summed E-state index contributed by atoms with van der Waals surface area (Å²) in [4.78, 5) is 18.6. The number of aromatic amines is 1. The Morgan fingerprint density at radius 2 is 2.29 bits per heavy atom. The second kappa shape index (κ2) is 7.47. The second-order valence-corrected chi connectivity index (χ2v) is 5.19. The molecule has 0 spiro atoms. The number of aromatic nitrogens is 2. The topological polar surface area (TPSA) is 67.0 Å². The lowest BCUT2D eigenvalue weighted by molar-refractivity contribution is -0.123. The molecule has 0 aliphatic heterocycles. The predicted octanol–water partition coefficient (Wildman–Crippen LogP) is 2.27. The summed E-state index contributed by atoms with van der Waals surface area (Å²) in [6.07, 6.45) is 4.11. The summed E-state index contributed by atoms with van der Waals surface area (Å²) in [5, 5.41) is 2.82. The molecule has 0 saturated heterocycles. The Labute approximate surface area is 124 Å². The van der Waals surface area contributed by atoms with Gasteiger partial charge in [-0.2, -0.15) is 0 Å². The van der Waals surface area contributed by atoms with E-state index in [1.54, 1.807) is 12.5 Å². The minimum atomic E-state index is -0.121. The normalized spacial score (nSPS) is 10.6. The molecule has 0 fully saturated rings. The zero-order valence-electron chi connectivity index (χ0n) is 12.4. The van der Waals surface area contributed by atoms with Gasteiger partial charge < -0.3 is 15.0 Å². The van der Waals surface area contributed by atoms with Crippen LogP contribution in [0, 0.1) is 0 Å². The van der Waals surface area contributed by atoms with Crippen molar-refractivity contribution in [3.05, 3.63) is 48.0 Å². The standard InChI is InChI=1S/C16H21N3O2/c1-12(2)13-4-3-5-15(8-13)21-10-16(20)18-7-6-14-9-17-11-19-14/h3-5,8-9,11-12H,6-7,10H2,1-2H3,(H,17,19)(H,18,20). The van der Waals surface area contributed by atoms with E-state index >= 15 is 0 Å². The molecule has 5 nitrogen and oxygen atoms in total. The molecule has 0 aliphatic rings. The van der Waals surface area contributed by atoms with Crippen LogP contribution in [-0.4, -0.2) is 29.0 Å². The average Bonchev–Trinajstić information content (AvgIpc) is 2.99. The number of amides is 1. The van der Waals surface area contributed by atoms with E-state index in [1.807, 2.05) is 18.2 Å². The summed E-state index contributed by atoms with van der Waals surface area (Å²) in [7, 11) is 0. The summed E-state index contributed by atoms with van der Waals surface area (Å²) in [5.41, 5.74) is 2.20. The van der Waals surface area contributed by atoms with Crippen molar-refractivity contribution in [3.63, 3.8) is 0 Å². The van der Waals surface area contributed by atoms with Gasteiger partial charge in [0, 0.05) is 24.9 Å². The minimum absolute atomic E-state index is 0.0323. The zero-order valence-corrected chi connectivity index (χ0v) is 12.4. The molecule has 2 rings (SSSR count). The maximum Gasteiger partial charge on any atom is 0.257 e. The molecule has 2 aromatic rings. The fraction of sp³-hybridized carbons (Fsp3) is 0.375. The van der Waals surface area contributed by atoms with Crippen molar-refractivity contribution in [3.8, 4) is 5.75 Å². The van der Waals surface area contributed by atoms with Crippen LogP contribution in [0.15, 0.2) is 36.8 Å². The minimum Gasteiger partial charge on any atom is -0.484 e. The number of imidazole rings is 1. The lowest BCUT2D eigenvalue weighted by Crippen LogP contribution is -2.30. The number of carbonyl (C=O) groups excluding carboxylic acids is 1. The highest BCUT2D eigenvalue weighted by Gasteiger charge is 2.05. The molecule has 0 saturated carbocycles. The first kappa shape index (κ1) is 15.1. The number of hydrogen-bond acceptors (Lipinski definition) is 3. The Balaban J connectivity index is 1.72. The summed E-state index contributed by atoms with van der Waals surface area (Å²) in [6.45, 7) is 4.85. The highest BCUT2D eigenvalue weighted by Crippen LogP contribution is 2.19. The van der Waals surface area contributed by atoms with Gasteiger partial charge in [0.15, 0.2) is 6.61 Å². The van der Waals surface area contributed by atoms with Crippen molar-refractivity contribution in [1.29, 1.82) is 0 Å². The molecule has 0 unspecified atom stereocenters. The number of carbonyl (C=O) groups is 1. The Bertz CT molecular complexity index is 565. The van der Waals surface area contributed by atoms with E-state index in [9.17, 15) is 4.79 Å². The molecule has 2 N–H and O–H groups in total. The van der Waals surface area contributed by atoms with Crippen LogP contribution in [0.3, 0.4) is 0 Å². The molecular weight excluding hydrogens is 266 g/mol. The van der Waals surface area contributed by atoms with E-state index in [0.29, 0.717) is 12.5 Å². The molecule has 0 atom stereocenters. The first-order valence-electron chi connectivity index (χ1n) is 7.12. The summed E-state index contributed by atoms with van der Waals surface area (Å²) in [6, 6.07) is 7.84. The second-order valence-electron chi connectivity index (χ2n) is 5.19. The Morgan fingerprint density at radius 1 is 1.43 bits per heavy atom. The van der Waals surface area contributed by atoms with Crippen LogP contribution in [0.5, 0.6) is 5.75 Å². The molecule has 0 radical (unpaired) electrons. The first-order chi connectivity index (χ1) is 10.1. The van der Waals surface area contributed by atoms with Gasteiger partial charge in [0.25, 0.3) is 5.91 Å². The van der Waals surface area contributed by atoms with Crippen molar-refractivity contribution in [2.24, 2.45) is 0 Å². The average molecular weight is 287 g/mol. The quantitative estimate of drug-likeness (QED) is 0.821. The van der Waals surface area contributed by atoms with Crippen molar-refractivity contribution < 1.29 is 9.53 Å². The fourth-order valence-corrected chi connectivity index (χ4v) is 1.92.